The van der Waals surface area contributed by atoms with Crippen molar-refractivity contribution in [1.29, 1.82) is 0 Å². The first-order valence-electron chi connectivity index (χ1n) is 9.79. The van der Waals surface area contributed by atoms with Crippen LogP contribution in [-0.2, 0) is 22.6 Å². The highest BCUT2D eigenvalue weighted by Crippen LogP contribution is 2.30. The quantitative estimate of drug-likeness (QED) is 0.615. The second kappa shape index (κ2) is 9.19. The Morgan fingerprint density at radius 3 is 2.63 bits per heavy atom. The van der Waals surface area contributed by atoms with E-state index in [2.05, 4.69) is 39.8 Å². The summed E-state index contributed by atoms with van der Waals surface area (Å²) >= 11 is 1.64. The number of hydrogen-bond acceptors (Lipinski definition) is 4. The Bertz CT molecular complexity index is 1040. The third-order valence-corrected chi connectivity index (χ3v) is 6.19. The number of nitrogens with one attached hydrogen (secondary N) is 2. The van der Waals surface area contributed by atoms with Gasteiger partial charge >= 0.3 is 11.8 Å². The molecule has 1 aromatic heterocycles. The molecule has 1 aliphatic heterocycles. The lowest BCUT2D eigenvalue weighted by Crippen LogP contribution is -2.43. The molecule has 1 aliphatic rings. The topological polar surface area (TPSA) is 61.4 Å². The number of nitrogens with zero attached hydrogens (tertiary/aromatic N) is 1. The molecule has 0 saturated heterocycles. The molecule has 0 fully saturated rings. The molecule has 7 heteroatoms. The van der Waals surface area contributed by atoms with Gasteiger partial charge in [0.15, 0.2) is 0 Å². The largest absolute Gasteiger partial charge is 0.346 e. The Hall–Kier alpha value is -3.03. The summed E-state index contributed by atoms with van der Waals surface area (Å²) in [6.07, 6.45) is 0.950. The number of hydrogen-bond donors (Lipinski definition) is 2. The first-order chi connectivity index (χ1) is 14.6. The fourth-order valence-corrected chi connectivity index (χ4v) is 4.56. The Labute approximate surface area is 178 Å². The van der Waals surface area contributed by atoms with Gasteiger partial charge in [-0.1, -0.05) is 36.4 Å². The average molecular weight is 424 g/mol. The fourth-order valence-electron chi connectivity index (χ4n) is 3.70. The van der Waals surface area contributed by atoms with Gasteiger partial charge in [-0.2, -0.15) is 0 Å². The van der Waals surface area contributed by atoms with Crippen LogP contribution in [0.4, 0.5) is 10.1 Å². The predicted octanol–water partition coefficient (Wildman–Crippen LogP) is 3.74. The Balaban J connectivity index is 1.42. The van der Waals surface area contributed by atoms with Crippen molar-refractivity contribution in [3.63, 3.8) is 0 Å². The van der Waals surface area contributed by atoms with Gasteiger partial charge in [-0.25, -0.2) is 4.39 Å². The number of halogens is 1. The van der Waals surface area contributed by atoms with Gasteiger partial charge in [-0.05, 0) is 47.2 Å². The van der Waals surface area contributed by atoms with Crippen LogP contribution in [0.5, 0.6) is 0 Å². The summed E-state index contributed by atoms with van der Waals surface area (Å²) in [5, 5.41) is 7.19. The maximum Gasteiger partial charge on any atom is 0.313 e. The molecule has 2 aromatic carbocycles. The lowest BCUT2D eigenvalue weighted by atomic mass is 9.98. The molecule has 3 aromatic rings. The number of rotatable bonds is 5. The standard InChI is InChI=1S/C23H22FN3O2S/c24-18-7-3-8-19(13-18)26-23(29)22(28)25-14-20(21-9-4-12-30-21)27-11-10-16-5-1-2-6-17(16)15-27/h1-9,12-13,20H,10-11,14-15H2,(H,25,28)(H,26,29)/t20-/m1/s1. The SMILES string of the molecule is O=C(NC[C@H](c1cccs1)N1CCc2ccccc2C1)C(=O)Nc1cccc(F)c1. The molecule has 0 spiro atoms. The van der Waals surface area contributed by atoms with E-state index >= 15 is 0 Å². The number of benzene rings is 2. The Kier molecular flexibility index (Phi) is 6.21. The van der Waals surface area contributed by atoms with Crippen molar-refractivity contribution in [3.05, 3.63) is 87.9 Å². The summed E-state index contributed by atoms with van der Waals surface area (Å²) in [5.41, 5.74) is 2.90. The van der Waals surface area contributed by atoms with Gasteiger partial charge in [0, 0.05) is 30.2 Å². The van der Waals surface area contributed by atoms with E-state index in [0.717, 1.165) is 24.4 Å². The Morgan fingerprint density at radius 1 is 1.03 bits per heavy atom. The third-order valence-electron chi connectivity index (χ3n) is 5.22. The fraction of sp³-hybridized carbons (Fsp3) is 0.217. The van der Waals surface area contributed by atoms with Crippen LogP contribution in [0.1, 0.15) is 22.0 Å². The highest BCUT2D eigenvalue weighted by atomic mass is 32.1. The zero-order valence-electron chi connectivity index (χ0n) is 16.3. The van der Waals surface area contributed by atoms with Crippen LogP contribution >= 0.6 is 11.3 Å². The van der Waals surface area contributed by atoms with Gasteiger partial charge in [0.05, 0.1) is 6.04 Å². The lowest BCUT2D eigenvalue weighted by molar-refractivity contribution is -0.136. The molecule has 0 bridgehead atoms. The van der Waals surface area contributed by atoms with Crippen LogP contribution in [0.15, 0.2) is 66.0 Å². The van der Waals surface area contributed by atoms with Crippen LogP contribution in [-0.4, -0.2) is 29.8 Å². The number of fused-ring (bicyclic) bond motifs is 1. The van der Waals surface area contributed by atoms with E-state index in [1.54, 1.807) is 11.3 Å². The molecule has 0 saturated carbocycles. The maximum absolute atomic E-state index is 13.3. The highest BCUT2D eigenvalue weighted by molar-refractivity contribution is 7.10. The summed E-state index contributed by atoms with van der Waals surface area (Å²) in [7, 11) is 0. The average Bonchev–Trinajstić information content (AvgIpc) is 3.28. The summed E-state index contributed by atoms with van der Waals surface area (Å²) in [5.74, 6) is -2.02. The first kappa shape index (κ1) is 20.3. The smallest absolute Gasteiger partial charge is 0.313 e. The van der Waals surface area contributed by atoms with Crippen molar-refractivity contribution in [2.75, 3.05) is 18.4 Å². The van der Waals surface area contributed by atoms with Crippen LogP contribution < -0.4 is 10.6 Å². The molecule has 154 valence electrons. The molecule has 30 heavy (non-hydrogen) atoms. The number of anilines is 1. The van der Waals surface area contributed by atoms with Crippen molar-refractivity contribution in [2.45, 2.75) is 19.0 Å². The zero-order chi connectivity index (χ0) is 20.9. The van der Waals surface area contributed by atoms with E-state index < -0.39 is 17.6 Å². The van der Waals surface area contributed by atoms with Crippen LogP contribution in [0.3, 0.4) is 0 Å². The van der Waals surface area contributed by atoms with Gasteiger partial charge in [-0.3, -0.25) is 14.5 Å². The van der Waals surface area contributed by atoms with Crippen LogP contribution in [0.2, 0.25) is 0 Å². The van der Waals surface area contributed by atoms with Gasteiger partial charge in [0.2, 0.25) is 0 Å². The van der Waals surface area contributed by atoms with E-state index in [1.807, 2.05) is 17.5 Å². The van der Waals surface area contributed by atoms with E-state index in [4.69, 9.17) is 0 Å². The molecule has 1 atom stereocenters. The summed E-state index contributed by atoms with van der Waals surface area (Å²) in [6.45, 7) is 1.99. The van der Waals surface area contributed by atoms with Gasteiger partial charge in [0.25, 0.3) is 0 Å². The second-order valence-electron chi connectivity index (χ2n) is 7.19. The summed E-state index contributed by atoms with van der Waals surface area (Å²) in [4.78, 5) is 28.0. The monoisotopic (exact) mass is 423 g/mol. The number of amides is 2. The van der Waals surface area contributed by atoms with Crippen LogP contribution in [0, 0.1) is 5.82 Å². The molecule has 2 heterocycles. The summed E-state index contributed by atoms with van der Waals surface area (Å²) in [6, 6.07) is 17.9. The second-order valence-corrected chi connectivity index (χ2v) is 8.17. The molecule has 0 radical (unpaired) electrons. The van der Waals surface area contributed by atoms with Crippen molar-refractivity contribution in [3.8, 4) is 0 Å². The number of carbonyl (C=O) groups excluding carboxylic acids is 2. The third kappa shape index (κ3) is 4.75. The van der Waals surface area contributed by atoms with Crippen molar-refractivity contribution in [1.82, 2.24) is 10.2 Å². The van der Waals surface area contributed by atoms with Crippen LogP contribution in [0.25, 0.3) is 0 Å². The first-order valence-corrected chi connectivity index (χ1v) is 10.7. The number of thiophene rings is 1. The van der Waals surface area contributed by atoms with Gasteiger partial charge in [-0.15, -0.1) is 11.3 Å². The van der Waals surface area contributed by atoms with Crippen molar-refractivity contribution in [2.24, 2.45) is 0 Å². The van der Waals surface area contributed by atoms with Crippen molar-refractivity contribution < 1.29 is 14.0 Å². The Morgan fingerprint density at radius 2 is 1.87 bits per heavy atom. The minimum Gasteiger partial charge on any atom is -0.346 e. The normalized spacial score (nSPS) is 14.6. The number of carbonyl (C=O) groups is 2. The molecule has 5 nitrogen and oxygen atoms in total. The van der Waals surface area contributed by atoms with E-state index in [1.165, 1.54) is 35.4 Å². The maximum atomic E-state index is 13.3. The molecule has 2 amide bonds. The lowest BCUT2D eigenvalue weighted by Gasteiger charge is -2.35. The predicted molar refractivity (Wildman–Crippen MR) is 116 cm³/mol. The zero-order valence-corrected chi connectivity index (χ0v) is 17.1. The van der Waals surface area contributed by atoms with E-state index in [9.17, 15) is 14.0 Å². The molecular formula is C23H22FN3O2S. The van der Waals surface area contributed by atoms with Gasteiger partial charge in [0.1, 0.15) is 5.82 Å². The molecular weight excluding hydrogens is 401 g/mol. The minimum absolute atomic E-state index is 0.0238. The molecule has 0 unspecified atom stereocenters. The van der Waals surface area contributed by atoms with E-state index in [-0.39, 0.29) is 11.7 Å². The van der Waals surface area contributed by atoms with Crippen molar-refractivity contribution >= 4 is 28.8 Å². The highest BCUT2D eigenvalue weighted by Gasteiger charge is 2.26. The molecule has 0 aliphatic carbocycles. The minimum atomic E-state index is -0.811. The summed E-state index contributed by atoms with van der Waals surface area (Å²) < 4.78 is 13.3. The van der Waals surface area contributed by atoms with E-state index in [0.29, 0.717) is 6.54 Å². The molecule has 4 rings (SSSR count). The van der Waals surface area contributed by atoms with Gasteiger partial charge < -0.3 is 10.6 Å². The molecule has 2 N–H and O–H groups in total.